The van der Waals surface area contributed by atoms with E-state index < -0.39 is 5.97 Å². The summed E-state index contributed by atoms with van der Waals surface area (Å²) in [5.41, 5.74) is 1.72. The van der Waals surface area contributed by atoms with Gasteiger partial charge in [-0.15, -0.1) is 0 Å². The molecule has 0 aromatic heterocycles. The highest BCUT2D eigenvalue weighted by molar-refractivity contribution is 6.20. The fourth-order valence-corrected chi connectivity index (χ4v) is 3.05. The largest absolute Gasteiger partial charge is 0.478 e. The smallest absolute Gasteiger partial charge is 0.336 e. The van der Waals surface area contributed by atoms with E-state index in [0.717, 1.165) is 22.1 Å². The van der Waals surface area contributed by atoms with E-state index in [0.29, 0.717) is 11.3 Å². The summed E-state index contributed by atoms with van der Waals surface area (Å²) < 4.78 is 5.94. The summed E-state index contributed by atoms with van der Waals surface area (Å²) in [5.74, 6) is 0.504. The predicted molar refractivity (Wildman–Crippen MR) is 112 cm³/mol. The summed E-state index contributed by atoms with van der Waals surface area (Å²) >= 11 is 0. The summed E-state index contributed by atoms with van der Waals surface area (Å²) in [7, 11) is 0. The third kappa shape index (κ3) is 3.94. The molecule has 136 valence electrons. The molecule has 28 heavy (non-hydrogen) atoms. The quantitative estimate of drug-likeness (QED) is 0.335. The molecule has 0 aliphatic heterocycles. The molecule has 0 atom stereocenters. The summed E-state index contributed by atoms with van der Waals surface area (Å²) in [6.45, 7) is 0. The molecule has 1 N–H and O–H groups in total. The Balaban J connectivity index is 1.56. The minimum absolute atomic E-state index is 0.254. The van der Waals surface area contributed by atoms with Crippen LogP contribution in [0.25, 0.3) is 22.4 Å². The molecule has 0 bridgehead atoms. The summed E-state index contributed by atoms with van der Waals surface area (Å²) in [4.78, 5) is 11.6. The lowest BCUT2D eigenvalue weighted by atomic mass is 10.0. The number of aliphatic carboxylic acids is 1. The van der Waals surface area contributed by atoms with Gasteiger partial charge in [0.05, 0.1) is 5.57 Å². The molecule has 0 saturated heterocycles. The van der Waals surface area contributed by atoms with Crippen LogP contribution in [0.1, 0.15) is 11.1 Å². The van der Waals surface area contributed by atoms with Crippen molar-refractivity contribution in [2.45, 2.75) is 0 Å². The number of ether oxygens (including phenoxy) is 1. The Morgan fingerprint density at radius 1 is 0.714 bits per heavy atom. The van der Waals surface area contributed by atoms with Crippen molar-refractivity contribution in [2.24, 2.45) is 0 Å². The average molecular weight is 366 g/mol. The Morgan fingerprint density at radius 3 is 2.07 bits per heavy atom. The molecule has 4 aromatic carbocycles. The van der Waals surface area contributed by atoms with E-state index in [1.165, 1.54) is 0 Å². The second-order valence-electron chi connectivity index (χ2n) is 6.41. The maximum atomic E-state index is 11.6. The highest BCUT2D eigenvalue weighted by Crippen LogP contribution is 2.27. The van der Waals surface area contributed by atoms with Crippen molar-refractivity contribution in [1.82, 2.24) is 0 Å². The first-order valence-electron chi connectivity index (χ1n) is 8.96. The maximum Gasteiger partial charge on any atom is 0.336 e. The second-order valence-corrected chi connectivity index (χ2v) is 6.41. The van der Waals surface area contributed by atoms with Crippen molar-refractivity contribution in [2.75, 3.05) is 0 Å². The molecule has 3 heteroatoms. The third-order valence-electron chi connectivity index (χ3n) is 4.46. The van der Waals surface area contributed by atoms with Crippen molar-refractivity contribution in [1.29, 1.82) is 0 Å². The van der Waals surface area contributed by atoms with Gasteiger partial charge in [-0.25, -0.2) is 4.79 Å². The van der Waals surface area contributed by atoms with Crippen molar-refractivity contribution >= 4 is 28.4 Å². The maximum absolute atomic E-state index is 11.6. The average Bonchev–Trinajstić information content (AvgIpc) is 2.73. The Kier molecular flexibility index (Phi) is 4.89. The number of hydrogen-bond acceptors (Lipinski definition) is 2. The van der Waals surface area contributed by atoms with Crippen LogP contribution < -0.4 is 4.74 Å². The van der Waals surface area contributed by atoms with Crippen LogP contribution in [0.5, 0.6) is 11.5 Å². The van der Waals surface area contributed by atoms with E-state index >= 15 is 0 Å². The fourth-order valence-electron chi connectivity index (χ4n) is 3.05. The van der Waals surface area contributed by atoms with Gasteiger partial charge in [0.15, 0.2) is 0 Å². The highest BCUT2D eigenvalue weighted by Gasteiger charge is 2.10. The number of carbonyl (C=O) groups is 1. The normalized spacial score (nSPS) is 11.4. The lowest BCUT2D eigenvalue weighted by molar-refractivity contribution is -0.130. The molecule has 0 spiro atoms. The van der Waals surface area contributed by atoms with E-state index in [4.69, 9.17) is 4.74 Å². The molecule has 0 heterocycles. The molecule has 0 fully saturated rings. The second kappa shape index (κ2) is 7.80. The van der Waals surface area contributed by atoms with Crippen LogP contribution in [-0.4, -0.2) is 11.1 Å². The summed E-state index contributed by atoms with van der Waals surface area (Å²) in [6.07, 6.45) is 1.66. The number of carboxylic acids is 1. The zero-order valence-corrected chi connectivity index (χ0v) is 15.1. The van der Waals surface area contributed by atoms with Gasteiger partial charge in [-0.05, 0) is 52.2 Å². The molecular formula is C25H18O3. The molecule has 0 unspecified atom stereocenters. The van der Waals surface area contributed by atoms with Gasteiger partial charge in [0.2, 0.25) is 0 Å². The number of hydrogen-bond donors (Lipinski definition) is 1. The molecule has 0 aliphatic rings. The topological polar surface area (TPSA) is 46.5 Å². The molecule has 0 aliphatic carbocycles. The fraction of sp³-hybridized carbons (Fsp3) is 0. The lowest BCUT2D eigenvalue weighted by Gasteiger charge is -2.08. The van der Waals surface area contributed by atoms with Crippen LogP contribution in [-0.2, 0) is 4.79 Å². The Bertz CT molecular complexity index is 1140. The third-order valence-corrected chi connectivity index (χ3v) is 4.46. The minimum atomic E-state index is -0.956. The molecule has 4 aromatic rings. The van der Waals surface area contributed by atoms with E-state index in [1.54, 1.807) is 18.2 Å². The molecule has 0 amide bonds. The molecule has 0 radical (unpaired) electrons. The summed E-state index contributed by atoms with van der Waals surface area (Å²) in [6, 6.07) is 30.6. The summed E-state index contributed by atoms with van der Waals surface area (Å²) in [5, 5.41) is 11.8. The first-order chi connectivity index (χ1) is 13.7. The number of rotatable bonds is 5. The van der Waals surface area contributed by atoms with Crippen molar-refractivity contribution in [3.05, 3.63) is 108 Å². The zero-order chi connectivity index (χ0) is 19.3. The molecule has 3 nitrogen and oxygen atoms in total. The minimum Gasteiger partial charge on any atom is -0.478 e. The van der Waals surface area contributed by atoms with Crippen LogP contribution in [0, 0.1) is 0 Å². The van der Waals surface area contributed by atoms with Crippen molar-refractivity contribution in [3.8, 4) is 11.5 Å². The van der Waals surface area contributed by atoms with E-state index in [2.05, 4.69) is 6.07 Å². The Hall–Kier alpha value is -3.85. The van der Waals surface area contributed by atoms with Gasteiger partial charge in [0.1, 0.15) is 11.5 Å². The van der Waals surface area contributed by atoms with Crippen LogP contribution >= 0.6 is 0 Å². The van der Waals surface area contributed by atoms with Gasteiger partial charge in [-0.3, -0.25) is 0 Å². The highest BCUT2D eigenvalue weighted by atomic mass is 16.5. The lowest BCUT2D eigenvalue weighted by Crippen LogP contribution is -1.99. The van der Waals surface area contributed by atoms with Gasteiger partial charge in [-0.2, -0.15) is 0 Å². The zero-order valence-electron chi connectivity index (χ0n) is 15.1. The standard InChI is InChI=1S/C25H18O3/c26-25(27)24(20-7-2-1-3-8-20)16-18-10-13-22(14-11-18)28-23-15-12-19-6-4-5-9-21(19)17-23/h1-17H,(H,26,27)/b24-16-. The predicted octanol–water partition coefficient (Wildman–Crippen LogP) is 6.26. The number of benzene rings is 4. The van der Waals surface area contributed by atoms with E-state index in [1.807, 2.05) is 78.9 Å². The van der Waals surface area contributed by atoms with Gasteiger partial charge in [-0.1, -0.05) is 72.8 Å². The monoisotopic (exact) mass is 366 g/mol. The molecule has 4 rings (SSSR count). The number of fused-ring (bicyclic) bond motifs is 1. The van der Waals surface area contributed by atoms with Crippen molar-refractivity contribution < 1.29 is 14.6 Å². The van der Waals surface area contributed by atoms with Gasteiger partial charge >= 0.3 is 5.97 Å². The number of carboxylic acid groups (broad SMARTS) is 1. The van der Waals surface area contributed by atoms with Gasteiger partial charge < -0.3 is 9.84 Å². The Morgan fingerprint density at radius 2 is 1.36 bits per heavy atom. The SMILES string of the molecule is O=C(O)/C(=C\c1ccc(Oc2ccc3ccccc3c2)cc1)c1ccccc1. The molecule has 0 saturated carbocycles. The van der Waals surface area contributed by atoms with Gasteiger partial charge in [0, 0.05) is 0 Å². The van der Waals surface area contributed by atoms with Crippen molar-refractivity contribution in [3.63, 3.8) is 0 Å². The van der Waals surface area contributed by atoms with Crippen LogP contribution in [0.2, 0.25) is 0 Å². The van der Waals surface area contributed by atoms with Gasteiger partial charge in [0.25, 0.3) is 0 Å². The first kappa shape index (κ1) is 17.6. The van der Waals surface area contributed by atoms with E-state index in [-0.39, 0.29) is 5.57 Å². The van der Waals surface area contributed by atoms with E-state index in [9.17, 15) is 9.90 Å². The molecular weight excluding hydrogens is 348 g/mol. The van der Waals surface area contributed by atoms with Crippen LogP contribution in [0.15, 0.2) is 97.1 Å². The first-order valence-corrected chi connectivity index (χ1v) is 8.96. The van der Waals surface area contributed by atoms with Crippen LogP contribution in [0.3, 0.4) is 0 Å². The Labute approximate surface area is 163 Å². The van der Waals surface area contributed by atoms with Crippen LogP contribution in [0.4, 0.5) is 0 Å².